The van der Waals surface area contributed by atoms with Gasteiger partial charge in [0.1, 0.15) is 0 Å². The van der Waals surface area contributed by atoms with E-state index in [1.807, 2.05) is 0 Å². The number of para-hydroxylation sites is 1. The minimum atomic E-state index is -0.249. The number of hydrogen-bond acceptors (Lipinski definition) is 2. The van der Waals surface area contributed by atoms with Crippen molar-refractivity contribution in [1.29, 1.82) is 0 Å². The van der Waals surface area contributed by atoms with Gasteiger partial charge in [-0.2, -0.15) is 0 Å². The van der Waals surface area contributed by atoms with Crippen LogP contribution in [-0.4, -0.2) is 4.40 Å². The van der Waals surface area contributed by atoms with E-state index in [4.69, 9.17) is 0 Å². The van der Waals surface area contributed by atoms with Crippen LogP contribution in [0.1, 0.15) is 130 Å². The van der Waals surface area contributed by atoms with Crippen molar-refractivity contribution in [1.82, 2.24) is 4.40 Å². The lowest BCUT2D eigenvalue weighted by atomic mass is 9.81. The second-order valence-electron chi connectivity index (χ2n) is 24.8. The summed E-state index contributed by atoms with van der Waals surface area (Å²) in [6.07, 6.45) is 0. The minimum Gasteiger partial charge on any atom is -0.310 e. The second-order valence-corrected chi connectivity index (χ2v) is 24.8. The monoisotopic (exact) mass is 916 g/mol. The molecule has 11 rings (SSSR count). The summed E-state index contributed by atoms with van der Waals surface area (Å²) in [5.41, 5.74) is 20.2. The number of fused-ring (bicyclic) bond motifs is 10. The van der Waals surface area contributed by atoms with Crippen molar-refractivity contribution in [3.05, 3.63) is 197 Å². The van der Waals surface area contributed by atoms with Crippen molar-refractivity contribution in [2.75, 3.05) is 9.80 Å². The van der Waals surface area contributed by atoms with Crippen molar-refractivity contribution >= 4 is 72.1 Å². The van der Waals surface area contributed by atoms with Gasteiger partial charge in [-0.25, -0.2) is 0 Å². The highest BCUT2D eigenvalue weighted by molar-refractivity contribution is 6.24. The Balaban J connectivity index is 1.08. The Morgan fingerprint density at radius 2 is 0.714 bits per heavy atom. The number of nitrogens with zero attached hydrogens (tertiary/aromatic N) is 3. The Kier molecular flexibility index (Phi) is 10.1. The number of hydrogen-bond donors (Lipinski definition) is 0. The van der Waals surface area contributed by atoms with Crippen molar-refractivity contribution in [2.45, 2.75) is 124 Å². The maximum atomic E-state index is 2.63. The van der Waals surface area contributed by atoms with Gasteiger partial charge in [-0.3, -0.25) is 0 Å². The molecule has 0 saturated carbocycles. The van der Waals surface area contributed by atoms with Gasteiger partial charge in [0.05, 0.1) is 16.7 Å². The molecule has 3 heteroatoms. The van der Waals surface area contributed by atoms with E-state index in [0.717, 1.165) is 28.4 Å². The van der Waals surface area contributed by atoms with Gasteiger partial charge >= 0.3 is 0 Å². The number of anilines is 6. The lowest BCUT2D eigenvalue weighted by Crippen LogP contribution is -2.17. The molecule has 0 aliphatic heterocycles. The van der Waals surface area contributed by atoms with E-state index in [2.05, 4.69) is 275 Å². The molecular weight excluding hydrogens is 847 g/mol. The topological polar surface area (TPSA) is 10.9 Å². The van der Waals surface area contributed by atoms with E-state index in [0.29, 0.717) is 0 Å². The summed E-state index contributed by atoms with van der Waals surface area (Å²) in [5.74, 6) is 0. The predicted octanol–water partition coefficient (Wildman–Crippen LogP) is 19.3. The Labute approximate surface area is 416 Å². The highest BCUT2D eigenvalue weighted by atomic mass is 15.1. The molecule has 0 N–H and O–H groups in total. The first kappa shape index (κ1) is 45.6. The van der Waals surface area contributed by atoms with Gasteiger partial charge in [0, 0.05) is 66.6 Å². The van der Waals surface area contributed by atoms with E-state index in [9.17, 15) is 0 Å². The summed E-state index contributed by atoms with van der Waals surface area (Å²) in [6, 6.07) is 62.8. The summed E-state index contributed by atoms with van der Waals surface area (Å²) in [4.78, 5) is 4.87. The number of rotatable bonds is 6. The lowest BCUT2D eigenvalue weighted by molar-refractivity contribution is 0.590. The smallest absolute Gasteiger partial charge is 0.0620 e. The van der Waals surface area contributed by atoms with Crippen LogP contribution < -0.4 is 9.80 Å². The zero-order valence-electron chi connectivity index (χ0n) is 43.9. The Morgan fingerprint density at radius 3 is 1.16 bits per heavy atom. The molecule has 0 radical (unpaired) electrons. The first-order chi connectivity index (χ1) is 33.0. The molecule has 0 atom stereocenters. The third-order valence-electron chi connectivity index (χ3n) is 15.5. The SMILES string of the molecule is CC(C)(C)c1ccc(N(c2ccc(C(C)(C)C)cc2)c2ccc3c(c2)C(C)(C)c2c-3n3c4c2cccc4c2ccc4cc(N(c5ccc(C(C)(C)C)cc5)c5ccc(C(C)(C)C)cc5)ccc4c23)cc1. The summed E-state index contributed by atoms with van der Waals surface area (Å²) in [7, 11) is 0. The molecule has 0 spiro atoms. The molecule has 1 aliphatic carbocycles. The fourth-order valence-electron chi connectivity index (χ4n) is 11.4. The van der Waals surface area contributed by atoms with Crippen LogP contribution in [0.3, 0.4) is 0 Å². The van der Waals surface area contributed by atoms with E-state index in [1.54, 1.807) is 0 Å². The Hall–Kier alpha value is -6.84. The van der Waals surface area contributed by atoms with Crippen molar-refractivity contribution in [2.24, 2.45) is 0 Å². The van der Waals surface area contributed by atoms with Gasteiger partial charge in [0.15, 0.2) is 0 Å². The van der Waals surface area contributed by atoms with Gasteiger partial charge in [-0.1, -0.05) is 188 Å². The molecule has 0 amide bonds. The van der Waals surface area contributed by atoms with Crippen LogP contribution in [-0.2, 0) is 27.1 Å². The number of benzene rings is 8. The first-order valence-electron chi connectivity index (χ1n) is 25.4. The average Bonchev–Trinajstić information content (AvgIpc) is 3.92. The van der Waals surface area contributed by atoms with Crippen molar-refractivity contribution < 1.29 is 0 Å². The zero-order chi connectivity index (χ0) is 49.4. The molecular formula is C67H69N3. The predicted molar refractivity (Wildman–Crippen MR) is 303 cm³/mol. The van der Waals surface area contributed by atoms with E-state index < -0.39 is 0 Å². The lowest BCUT2D eigenvalue weighted by Gasteiger charge is -2.29. The Morgan fingerprint density at radius 1 is 0.357 bits per heavy atom. The van der Waals surface area contributed by atoms with Crippen molar-refractivity contribution in [3.8, 4) is 11.3 Å². The Bertz CT molecular complexity index is 3500. The normalized spacial score (nSPS) is 14.0. The second kappa shape index (κ2) is 15.6. The molecule has 10 aromatic rings. The molecule has 0 fully saturated rings. The summed E-state index contributed by atoms with van der Waals surface area (Å²) < 4.78 is 2.63. The van der Waals surface area contributed by atoms with Crippen molar-refractivity contribution in [3.63, 3.8) is 0 Å². The van der Waals surface area contributed by atoms with Crippen LogP contribution in [0, 0.1) is 0 Å². The summed E-state index contributed by atoms with van der Waals surface area (Å²) in [6.45, 7) is 32.3. The van der Waals surface area contributed by atoms with Gasteiger partial charge in [-0.05, 0) is 133 Å². The van der Waals surface area contributed by atoms with Crippen LogP contribution in [0.15, 0.2) is 164 Å². The molecule has 8 aromatic carbocycles. The quantitative estimate of drug-likeness (QED) is 0.165. The summed E-state index contributed by atoms with van der Waals surface area (Å²) >= 11 is 0. The fourth-order valence-corrected chi connectivity index (χ4v) is 11.4. The maximum Gasteiger partial charge on any atom is 0.0620 e. The van der Waals surface area contributed by atoms with Crippen LogP contribution in [0.25, 0.3) is 49.2 Å². The zero-order valence-corrected chi connectivity index (χ0v) is 43.9. The standard InChI is InChI=1S/C67H69N3/c1-63(2,3)43-19-27-47(28-20-43)68(48-29-21-44(22-30-48)64(4,5)6)51-35-38-53-42(40-51)18-37-55-54-16-15-17-57-59-62(70(60(53)55)61(54)57)56-39-36-52(41-58(56)67(59,13)14)69(49-31-23-45(24-32-49)65(7,8)9)50-33-25-46(26-34-50)66(10,11)12/h15-41H,1-14H3. The highest BCUT2D eigenvalue weighted by Crippen LogP contribution is 2.57. The van der Waals surface area contributed by atoms with Gasteiger partial charge in [0.2, 0.25) is 0 Å². The fraction of sp³-hybridized carbons (Fsp3) is 0.284. The molecule has 3 nitrogen and oxygen atoms in total. The van der Waals surface area contributed by atoms with Gasteiger partial charge in [0.25, 0.3) is 0 Å². The molecule has 1 aliphatic rings. The van der Waals surface area contributed by atoms with Crippen LogP contribution in [0.2, 0.25) is 0 Å². The molecule has 2 aromatic heterocycles. The third-order valence-corrected chi connectivity index (χ3v) is 15.5. The molecule has 2 heterocycles. The molecule has 0 bridgehead atoms. The van der Waals surface area contributed by atoms with Gasteiger partial charge in [-0.15, -0.1) is 0 Å². The summed E-state index contributed by atoms with van der Waals surface area (Å²) in [5, 5.41) is 6.43. The van der Waals surface area contributed by atoms with Crippen LogP contribution >= 0.6 is 0 Å². The van der Waals surface area contributed by atoms with Crippen LogP contribution in [0.4, 0.5) is 34.1 Å². The number of aromatic nitrogens is 1. The van der Waals surface area contributed by atoms with E-state index in [-0.39, 0.29) is 27.1 Å². The molecule has 0 saturated heterocycles. The third kappa shape index (κ3) is 7.30. The average molecular weight is 916 g/mol. The van der Waals surface area contributed by atoms with Gasteiger partial charge < -0.3 is 14.2 Å². The molecule has 352 valence electrons. The molecule has 0 unspecified atom stereocenters. The maximum absolute atomic E-state index is 2.63. The first-order valence-corrected chi connectivity index (χ1v) is 25.4. The largest absolute Gasteiger partial charge is 0.310 e. The van der Waals surface area contributed by atoms with E-state index in [1.165, 1.54) is 88.3 Å². The molecule has 70 heavy (non-hydrogen) atoms. The van der Waals surface area contributed by atoms with E-state index >= 15 is 0 Å². The van der Waals surface area contributed by atoms with Crippen LogP contribution in [0.5, 0.6) is 0 Å². The minimum absolute atomic E-state index is 0.0672. The highest BCUT2D eigenvalue weighted by Gasteiger charge is 2.42.